The Bertz CT molecular complexity index is 138. The molecule has 4 nitrogen and oxygen atoms in total. The highest BCUT2D eigenvalue weighted by Crippen LogP contribution is 1.98. The summed E-state index contributed by atoms with van der Waals surface area (Å²) in [6.07, 6.45) is -0.470. The summed E-state index contributed by atoms with van der Waals surface area (Å²) in [4.78, 5) is 10.9. The second-order valence-corrected chi connectivity index (χ2v) is 2.67. The van der Waals surface area contributed by atoms with Crippen LogP contribution >= 0.6 is 0 Å². The van der Waals surface area contributed by atoms with Gasteiger partial charge in [-0.1, -0.05) is 0 Å². The van der Waals surface area contributed by atoms with Crippen LogP contribution < -0.4 is 5.32 Å². The first kappa shape index (κ1) is 11.4. The number of esters is 1. The van der Waals surface area contributed by atoms with Crippen LogP contribution in [-0.4, -0.2) is 38.9 Å². The van der Waals surface area contributed by atoms with Crippen LogP contribution in [0.2, 0.25) is 0 Å². The Morgan fingerprint density at radius 2 is 2.08 bits per heavy atom. The van der Waals surface area contributed by atoms with E-state index in [9.17, 15) is 4.79 Å². The monoisotopic (exact) mass is 175 g/mol. The Kier molecular flexibility index (Phi) is 5.66. The molecule has 0 bridgehead atoms. The molecule has 0 saturated carbocycles. The van der Waals surface area contributed by atoms with E-state index < -0.39 is 6.10 Å². The molecule has 2 unspecified atom stereocenters. The van der Waals surface area contributed by atoms with Crippen molar-refractivity contribution < 1.29 is 14.3 Å². The predicted molar refractivity (Wildman–Crippen MR) is 46.0 cm³/mol. The SMILES string of the molecule is CNCC(C)OC(C)C(=O)OC. The van der Waals surface area contributed by atoms with Gasteiger partial charge in [0.15, 0.2) is 6.10 Å². The number of nitrogens with one attached hydrogen (secondary N) is 1. The van der Waals surface area contributed by atoms with E-state index in [1.807, 2.05) is 14.0 Å². The van der Waals surface area contributed by atoms with Crippen molar-refractivity contribution in [1.82, 2.24) is 5.32 Å². The Morgan fingerprint density at radius 3 is 2.50 bits per heavy atom. The van der Waals surface area contributed by atoms with Crippen LogP contribution in [0.25, 0.3) is 0 Å². The summed E-state index contributed by atoms with van der Waals surface area (Å²) in [5.41, 5.74) is 0. The van der Waals surface area contributed by atoms with Crippen LogP contribution in [0.5, 0.6) is 0 Å². The second-order valence-electron chi connectivity index (χ2n) is 2.67. The fraction of sp³-hybridized carbons (Fsp3) is 0.875. The third kappa shape index (κ3) is 4.31. The van der Waals surface area contributed by atoms with Gasteiger partial charge in [-0.15, -0.1) is 0 Å². The lowest BCUT2D eigenvalue weighted by Crippen LogP contribution is -2.31. The number of carbonyl (C=O) groups excluding carboxylic acids is 1. The van der Waals surface area contributed by atoms with Crippen LogP contribution in [0.15, 0.2) is 0 Å². The molecular formula is C8H17NO3. The first-order valence-electron chi connectivity index (χ1n) is 3.99. The minimum Gasteiger partial charge on any atom is -0.467 e. The van der Waals surface area contributed by atoms with Crippen molar-refractivity contribution in [2.75, 3.05) is 20.7 Å². The van der Waals surface area contributed by atoms with Crippen molar-refractivity contribution in [3.05, 3.63) is 0 Å². The fourth-order valence-corrected chi connectivity index (χ4v) is 0.906. The van der Waals surface area contributed by atoms with E-state index in [0.717, 1.165) is 6.54 Å². The Labute approximate surface area is 73.2 Å². The van der Waals surface area contributed by atoms with Gasteiger partial charge in [-0.3, -0.25) is 0 Å². The van der Waals surface area contributed by atoms with Gasteiger partial charge in [-0.05, 0) is 20.9 Å². The summed E-state index contributed by atoms with van der Waals surface area (Å²) in [6.45, 7) is 4.30. The first-order chi connectivity index (χ1) is 5.61. The molecule has 4 heteroatoms. The molecule has 0 saturated heterocycles. The average molecular weight is 175 g/mol. The zero-order valence-electron chi connectivity index (χ0n) is 8.09. The highest BCUT2D eigenvalue weighted by atomic mass is 16.6. The van der Waals surface area contributed by atoms with E-state index in [1.54, 1.807) is 6.92 Å². The van der Waals surface area contributed by atoms with Crippen LogP contribution in [0.3, 0.4) is 0 Å². The van der Waals surface area contributed by atoms with Crippen molar-refractivity contribution in [1.29, 1.82) is 0 Å². The summed E-state index contributed by atoms with van der Waals surface area (Å²) >= 11 is 0. The lowest BCUT2D eigenvalue weighted by Gasteiger charge is -2.16. The minimum atomic E-state index is -0.488. The first-order valence-corrected chi connectivity index (χ1v) is 3.99. The van der Waals surface area contributed by atoms with Gasteiger partial charge in [0, 0.05) is 6.54 Å². The summed E-state index contributed by atoms with van der Waals surface area (Å²) < 4.78 is 9.81. The van der Waals surface area contributed by atoms with Crippen LogP contribution in [0.4, 0.5) is 0 Å². The molecule has 1 N–H and O–H groups in total. The number of ether oxygens (including phenoxy) is 2. The van der Waals surface area contributed by atoms with Gasteiger partial charge < -0.3 is 14.8 Å². The van der Waals surface area contributed by atoms with E-state index in [1.165, 1.54) is 7.11 Å². The molecule has 0 aromatic heterocycles. The number of hydrogen-bond acceptors (Lipinski definition) is 4. The zero-order valence-corrected chi connectivity index (χ0v) is 8.09. The van der Waals surface area contributed by atoms with Gasteiger partial charge in [-0.25, -0.2) is 4.79 Å². The molecule has 0 rings (SSSR count). The maximum absolute atomic E-state index is 10.9. The van der Waals surface area contributed by atoms with Crippen LogP contribution in [-0.2, 0) is 14.3 Å². The summed E-state index contributed by atoms with van der Waals surface area (Å²) in [6, 6.07) is 0. The molecule has 0 aromatic carbocycles. The van der Waals surface area contributed by atoms with E-state index in [2.05, 4.69) is 10.1 Å². The Balaban J connectivity index is 3.67. The van der Waals surface area contributed by atoms with Gasteiger partial charge >= 0.3 is 5.97 Å². The lowest BCUT2D eigenvalue weighted by atomic mass is 10.3. The molecule has 0 heterocycles. The molecule has 0 radical (unpaired) electrons. The van der Waals surface area contributed by atoms with E-state index in [0.29, 0.717) is 0 Å². The van der Waals surface area contributed by atoms with Crippen molar-refractivity contribution in [3.8, 4) is 0 Å². The topological polar surface area (TPSA) is 47.6 Å². The molecule has 0 spiro atoms. The summed E-state index contributed by atoms with van der Waals surface area (Å²) in [5.74, 6) is -0.335. The molecule has 0 fully saturated rings. The predicted octanol–water partition coefficient (Wildman–Crippen LogP) is 0.172. The fourth-order valence-electron chi connectivity index (χ4n) is 0.906. The van der Waals surface area contributed by atoms with E-state index in [-0.39, 0.29) is 12.1 Å². The highest BCUT2D eigenvalue weighted by molar-refractivity contribution is 5.73. The number of carbonyl (C=O) groups is 1. The molecule has 2 atom stereocenters. The second kappa shape index (κ2) is 5.97. The third-order valence-corrected chi connectivity index (χ3v) is 1.46. The molecular weight excluding hydrogens is 158 g/mol. The highest BCUT2D eigenvalue weighted by Gasteiger charge is 2.15. The average Bonchev–Trinajstić information content (AvgIpc) is 2.03. The van der Waals surface area contributed by atoms with Crippen molar-refractivity contribution in [2.24, 2.45) is 0 Å². The normalized spacial score (nSPS) is 15.3. The summed E-state index contributed by atoms with van der Waals surface area (Å²) in [5, 5.41) is 2.95. The molecule has 72 valence electrons. The van der Waals surface area contributed by atoms with Gasteiger partial charge in [0.05, 0.1) is 13.2 Å². The van der Waals surface area contributed by atoms with E-state index >= 15 is 0 Å². The van der Waals surface area contributed by atoms with Gasteiger partial charge in [-0.2, -0.15) is 0 Å². The van der Waals surface area contributed by atoms with Crippen molar-refractivity contribution in [3.63, 3.8) is 0 Å². The molecule has 0 aliphatic carbocycles. The van der Waals surface area contributed by atoms with E-state index in [4.69, 9.17) is 4.74 Å². The van der Waals surface area contributed by atoms with Crippen LogP contribution in [0.1, 0.15) is 13.8 Å². The molecule has 0 aliphatic rings. The van der Waals surface area contributed by atoms with Gasteiger partial charge in [0.2, 0.25) is 0 Å². The smallest absolute Gasteiger partial charge is 0.334 e. The standard InChI is InChI=1S/C8H17NO3/c1-6(5-9-3)12-7(2)8(10)11-4/h6-7,9H,5H2,1-4H3. The van der Waals surface area contributed by atoms with Gasteiger partial charge in [0.25, 0.3) is 0 Å². The maximum Gasteiger partial charge on any atom is 0.334 e. The third-order valence-electron chi connectivity index (χ3n) is 1.46. The Hall–Kier alpha value is -0.610. The molecule has 0 aliphatic heterocycles. The molecule has 12 heavy (non-hydrogen) atoms. The largest absolute Gasteiger partial charge is 0.467 e. The Morgan fingerprint density at radius 1 is 1.50 bits per heavy atom. The lowest BCUT2D eigenvalue weighted by molar-refractivity contribution is -0.155. The summed E-state index contributed by atoms with van der Waals surface area (Å²) in [7, 11) is 3.19. The number of hydrogen-bond donors (Lipinski definition) is 1. The van der Waals surface area contributed by atoms with Crippen LogP contribution in [0, 0.1) is 0 Å². The van der Waals surface area contributed by atoms with Gasteiger partial charge in [0.1, 0.15) is 0 Å². The number of likely N-dealkylation sites (N-methyl/N-ethyl adjacent to an activating group) is 1. The maximum atomic E-state index is 10.9. The molecule has 0 amide bonds. The minimum absolute atomic E-state index is 0.0177. The number of rotatable bonds is 5. The number of methoxy groups -OCH3 is 1. The van der Waals surface area contributed by atoms with Crippen molar-refractivity contribution in [2.45, 2.75) is 26.1 Å². The van der Waals surface area contributed by atoms with Crippen molar-refractivity contribution >= 4 is 5.97 Å². The molecule has 0 aromatic rings. The zero-order chi connectivity index (χ0) is 9.56. The quantitative estimate of drug-likeness (QED) is 0.605.